The lowest BCUT2D eigenvalue weighted by atomic mass is 10.2. The van der Waals surface area contributed by atoms with Crippen molar-refractivity contribution in [3.05, 3.63) is 41.8 Å². The molecular weight excluding hydrogens is 279 g/mol. The monoisotopic (exact) mass is 287 g/mol. The Balaban J connectivity index is 2.18. The van der Waals surface area contributed by atoms with Gasteiger partial charge < -0.3 is 14.0 Å². The van der Waals surface area contributed by atoms with Crippen LogP contribution in [0, 0.1) is 0 Å². The minimum Gasteiger partial charge on any atom is -0.497 e. The molecular formula is C12H8F3NO4. The predicted octanol–water partition coefficient (Wildman–Crippen LogP) is 2.92. The number of hydrogen-bond donors (Lipinski definition) is 0. The molecule has 2 aromatic rings. The number of halogens is 3. The Kier molecular flexibility index (Phi) is 3.64. The zero-order valence-corrected chi connectivity index (χ0v) is 10.1. The molecule has 0 saturated carbocycles. The molecule has 0 spiro atoms. The van der Waals surface area contributed by atoms with E-state index in [1.165, 1.54) is 31.4 Å². The van der Waals surface area contributed by atoms with Gasteiger partial charge in [0.15, 0.2) is 0 Å². The van der Waals surface area contributed by atoms with Crippen LogP contribution in [0.5, 0.6) is 11.5 Å². The highest BCUT2D eigenvalue weighted by molar-refractivity contribution is 5.89. The van der Waals surface area contributed by atoms with E-state index < -0.39 is 23.5 Å². The lowest BCUT2D eigenvalue weighted by molar-refractivity contribution is -0.138. The molecule has 1 aromatic heterocycles. The first-order chi connectivity index (χ1) is 9.41. The Morgan fingerprint density at radius 2 is 1.80 bits per heavy atom. The first kappa shape index (κ1) is 13.9. The molecule has 0 aliphatic carbocycles. The average molecular weight is 287 g/mol. The van der Waals surface area contributed by atoms with Crippen LogP contribution in [-0.2, 0) is 6.18 Å². The summed E-state index contributed by atoms with van der Waals surface area (Å²) in [4.78, 5) is 11.6. The molecule has 0 N–H and O–H groups in total. The number of carbonyl (C=O) groups is 1. The molecule has 106 valence electrons. The van der Waals surface area contributed by atoms with Gasteiger partial charge in [0.1, 0.15) is 17.1 Å². The van der Waals surface area contributed by atoms with E-state index in [2.05, 4.69) is 9.68 Å². The molecule has 20 heavy (non-hydrogen) atoms. The minimum atomic E-state index is -4.74. The van der Waals surface area contributed by atoms with Crippen LogP contribution in [0.2, 0.25) is 0 Å². The topological polar surface area (TPSA) is 61.6 Å². The summed E-state index contributed by atoms with van der Waals surface area (Å²) in [6.45, 7) is 0. The second-order valence-corrected chi connectivity index (χ2v) is 3.63. The van der Waals surface area contributed by atoms with Crippen molar-refractivity contribution in [3.63, 3.8) is 0 Å². The number of esters is 1. The fourth-order valence-electron chi connectivity index (χ4n) is 1.39. The number of methoxy groups -OCH3 is 1. The van der Waals surface area contributed by atoms with Crippen molar-refractivity contribution < 1.29 is 32.0 Å². The maximum Gasteiger partial charge on any atom is 0.421 e. The normalized spacial score (nSPS) is 11.2. The number of carbonyl (C=O) groups excluding carboxylic acids is 1. The van der Waals surface area contributed by atoms with Crippen LogP contribution < -0.4 is 9.47 Å². The summed E-state index contributed by atoms with van der Waals surface area (Å²) >= 11 is 0. The zero-order chi connectivity index (χ0) is 14.8. The summed E-state index contributed by atoms with van der Waals surface area (Å²) in [6.07, 6.45) is -4.32. The zero-order valence-electron chi connectivity index (χ0n) is 10.1. The van der Waals surface area contributed by atoms with Gasteiger partial charge in [0.2, 0.25) is 0 Å². The third-order valence-corrected chi connectivity index (χ3v) is 2.33. The van der Waals surface area contributed by atoms with E-state index in [-0.39, 0.29) is 5.75 Å². The molecule has 0 amide bonds. The van der Waals surface area contributed by atoms with E-state index in [0.29, 0.717) is 11.9 Å². The van der Waals surface area contributed by atoms with Crippen LogP contribution in [-0.4, -0.2) is 18.2 Å². The third-order valence-electron chi connectivity index (χ3n) is 2.33. The van der Waals surface area contributed by atoms with Gasteiger partial charge in [-0.25, -0.2) is 4.79 Å². The number of alkyl halides is 3. The largest absolute Gasteiger partial charge is 0.497 e. The van der Waals surface area contributed by atoms with Gasteiger partial charge in [-0.15, -0.1) is 0 Å². The van der Waals surface area contributed by atoms with E-state index in [1.54, 1.807) is 0 Å². The van der Waals surface area contributed by atoms with Crippen molar-refractivity contribution >= 4 is 5.97 Å². The van der Waals surface area contributed by atoms with Crippen molar-refractivity contribution in [2.45, 2.75) is 6.18 Å². The Bertz CT molecular complexity index is 604. The highest BCUT2D eigenvalue weighted by Gasteiger charge is 2.39. The number of benzene rings is 1. The number of hydrogen-bond acceptors (Lipinski definition) is 5. The van der Waals surface area contributed by atoms with E-state index in [1.807, 2.05) is 0 Å². The van der Waals surface area contributed by atoms with Gasteiger partial charge in [-0.05, 0) is 24.3 Å². The van der Waals surface area contributed by atoms with Gasteiger partial charge in [-0.2, -0.15) is 13.2 Å². The van der Waals surface area contributed by atoms with Crippen molar-refractivity contribution in [1.29, 1.82) is 0 Å². The molecule has 0 saturated heterocycles. The summed E-state index contributed by atoms with van der Waals surface area (Å²) < 4.78 is 51.6. The highest BCUT2D eigenvalue weighted by atomic mass is 19.4. The highest BCUT2D eigenvalue weighted by Crippen LogP contribution is 2.32. The van der Waals surface area contributed by atoms with E-state index in [0.717, 1.165) is 0 Å². The first-order valence-electron chi connectivity index (χ1n) is 5.30. The second kappa shape index (κ2) is 5.24. The molecule has 0 fully saturated rings. The second-order valence-electron chi connectivity index (χ2n) is 3.63. The first-order valence-corrected chi connectivity index (χ1v) is 5.30. The van der Waals surface area contributed by atoms with Gasteiger partial charge in [0.25, 0.3) is 5.76 Å². The molecule has 5 nitrogen and oxygen atoms in total. The van der Waals surface area contributed by atoms with Gasteiger partial charge in [0.05, 0.1) is 13.3 Å². The molecule has 0 radical (unpaired) electrons. The smallest absolute Gasteiger partial charge is 0.421 e. The standard InChI is InChI=1S/C12H8F3NO4/c1-18-7-2-4-8(5-3-7)19-11(17)10-9(6-16-20-10)12(13,14)15/h2-6H,1H3. The van der Waals surface area contributed by atoms with Crippen LogP contribution in [0.4, 0.5) is 13.2 Å². The third kappa shape index (κ3) is 2.90. The van der Waals surface area contributed by atoms with Crippen molar-refractivity contribution in [1.82, 2.24) is 5.16 Å². The minimum absolute atomic E-state index is 0.0559. The molecule has 1 aromatic carbocycles. The van der Waals surface area contributed by atoms with Crippen LogP contribution in [0.15, 0.2) is 35.0 Å². The molecule has 0 aliphatic heterocycles. The Morgan fingerprint density at radius 3 is 2.35 bits per heavy atom. The molecule has 2 rings (SSSR count). The van der Waals surface area contributed by atoms with Crippen LogP contribution >= 0.6 is 0 Å². The van der Waals surface area contributed by atoms with E-state index in [9.17, 15) is 18.0 Å². The molecule has 8 heteroatoms. The van der Waals surface area contributed by atoms with Crippen LogP contribution in [0.25, 0.3) is 0 Å². The Labute approximate surface area is 110 Å². The molecule has 0 aliphatic rings. The van der Waals surface area contributed by atoms with Crippen molar-refractivity contribution in [2.24, 2.45) is 0 Å². The lowest BCUT2D eigenvalue weighted by Gasteiger charge is -2.06. The van der Waals surface area contributed by atoms with E-state index in [4.69, 9.17) is 9.47 Å². The van der Waals surface area contributed by atoms with Gasteiger partial charge in [-0.1, -0.05) is 5.16 Å². The van der Waals surface area contributed by atoms with Crippen LogP contribution in [0.3, 0.4) is 0 Å². The van der Waals surface area contributed by atoms with Crippen LogP contribution in [0.1, 0.15) is 16.1 Å². The average Bonchev–Trinajstić information content (AvgIpc) is 2.89. The summed E-state index contributed by atoms with van der Waals surface area (Å²) in [7, 11) is 1.45. The Hall–Kier alpha value is -2.51. The number of ether oxygens (including phenoxy) is 2. The quantitative estimate of drug-likeness (QED) is 0.641. The number of nitrogens with zero attached hydrogens (tertiary/aromatic N) is 1. The van der Waals surface area contributed by atoms with Gasteiger partial charge in [-0.3, -0.25) is 0 Å². The number of aromatic nitrogens is 1. The SMILES string of the molecule is COc1ccc(OC(=O)c2oncc2C(F)(F)F)cc1. The van der Waals surface area contributed by atoms with Gasteiger partial charge in [0, 0.05) is 0 Å². The van der Waals surface area contributed by atoms with Crippen molar-refractivity contribution in [2.75, 3.05) is 7.11 Å². The molecule has 1 heterocycles. The molecule has 0 bridgehead atoms. The maximum absolute atomic E-state index is 12.6. The fraction of sp³-hybridized carbons (Fsp3) is 0.167. The number of rotatable bonds is 3. The van der Waals surface area contributed by atoms with E-state index >= 15 is 0 Å². The summed E-state index contributed by atoms with van der Waals surface area (Å²) in [6, 6.07) is 5.74. The maximum atomic E-state index is 12.6. The molecule has 0 atom stereocenters. The van der Waals surface area contributed by atoms with Crippen molar-refractivity contribution in [3.8, 4) is 11.5 Å². The molecule has 0 unspecified atom stereocenters. The summed E-state index contributed by atoms with van der Waals surface area (Å²) in [5.41, 5.74) is -1.28. The fourth-order valence-corrected chi connectivity index (χ4v) is 1.39. The Morgan fingerprint density at radius 1 is 1.20 bits per heavy atom. The summed E-state index contributed by atoms with van der Waals surface area (Å²) in [5, 5.41) is 2.96. The lowest BCUT2D eigenvalue weighted by Crippen LogP contribution is -2.14. The summed E-state index contributed by atoms with van der Waals surface area (Å²) in [5.74, 6) is -1.70. The predicted molar refractivity (Wildman–Crippen MR) is 59.5 cm³/mol. The van der Waals surface area contributed by atoms with Gasteiger partial charge >= 0.3 is 12.1 Å².